The fourth-order valence-electron chi connectivity index (χ4n) is 3.91. The van der Waals surface area contributed by atoms with E-state index in [1.54, 1.807) is 51.6 Å². The molecule has 0 atom stereocenters. The van der Waals surface area contributed by atoms with Crippen molar-refractivity contribution in [3.05, 3.63) is 78.4 Å². The second kappa shape index (κ2) is 10.5. The zero-order valence-corrected chi connectivity index (χ0v) is 23.8. The van der Waals surface area contributed by atoms with E-state index in [1.165, 1.54) is 39.0 Å². The average Bonchev–Trinajstić information content (AvgIpc) is 3.50. The van der Waals surface area contributed by atoms with Gasteiger partial charge in [-0.05, 0) is 54.6 Å². The molecule has 0 spiro atoms. The molecule has 0 aliphatic rings. The van der Waals surface area contributed by atoms with Crippen molar-refractivity contribution < 1.29 is 83.4 Å². The molecule has 0 radical (unpaired) electrons. The number of nitrogens with zero attached hydrogens (tertiary/aromatic N) is 4. The molecule has 2 aromatic heterocycles. The number of aromatic nitrogens is 4. The van der Waals surface area contributed by atoms with E-state index >= 15 is 0 Å². The first-order valence-corrected chi connectivity index (χ1v) is 11.8. The van der Waals surface area contributed by atoms with E-state index in [1.807, 2.05) is 0 Å². The molecule has 0 saturated heterocycles. The van der Waals surface area contributed by atoms with Crippen LogP contribution in [0.25, 0.3) is 33.4 Å². The Morgan fingerprint density at radius 1 is 0.757 bits per heavy atom. The third-order valence-electron chi connectivity index (χ3n) is 5.66. The summed E-state index contributed by atoms with van der Waals surface area (Å²) in [6.07, 6.45) is 2.90. The molecule has 2 heterocycles. The van der Waals surface area contributed by atoms with Gasteiger partial charge < -0.3 is 14.0 Å². The van der Waals surface area contributed by atoms with Gasteiger partial charge in [0.1, 0.15) is 22.8 Å². The van der Waals surface area contributed by atoms with Crippen LogP contribution in [-0.4, -0.2) is 58.2 Å². The third kappa shape index (κ3) is 5.11. The Morgan fingerprint density at radius 2 is 1.19 bits per heavy atom. The van der Waals surface area contributed by atoms with E-state index in [2.05, 4.69) is 9.97 Å². The number of hydrogen-bond donors (Lipinski definition) is 0. The maximum absolute atomic E-state index is 12.0. The van der Waals surface area contributed by atoms with Gasteiger partial charge in [0.25, 0.3) is 0 Å². The van der Waals surface area contributed by atoms with Gasteiger partial charge in [-0.2, -0.15) is 0 Å². The summed E-state index contributed by atoms with van der Waals surface area (Å²) in [7, 11) is -2.33. The zero-order valence-electron chi connectivity index (χ0n) is 19.9. The molecule has 5 rings (SSSR count). The van der Waals surface area contributed by atoms with Crippen molar-refractivity contribution in [1.29, 1.82) is 0 Å². The number of benzene rings is 3. The fourth-order valence-corrected chi connectivity index (χ4v) is 4.44. The van der Waals surface area contributed by atoms with Gasteiger partial charge in [0.05, 0.1) is 63.7 Å². The Bertz CT molecular complexity index is 1680. The van der Waals surface area contributed by atoms with E-state index in [0.717, 1.165) is 0 Å². The fraction of sp³-hybridized carbons (Fsp3) is 0.0833. The van der Waals surface area contributed by atoms with E-state index < -0.39 is 27.0 Å². The normalized spacial score (nSPS) is 11.3. The molecule has 0 unspecified atom stereocenters. The summed E-state index contributed by atoms with van der Waals surface area (Å²) in [6.45, 7) is 0. The summed E-state index contributed by atoms with van der Waals surface area (Å²) in [5.74, 6) is -1.10. The Morgan fingerprint density at radius 3 is 1.57 bits per heavy atom. The van der Waals surface area contributed by atoms with Crippen LogP contribution < -0.4 is 51.4 Å². The number of rotatable bonds is 5. The molecule has 11 nitrogen and oxygen atoms in total. The maximum Gasteiger partial charge on any atom is 1.00 e. The SMILES string of the molecule is COC(=O)c1ccc2ncn(-c3cc(-n4cnc5ccc(C(=O)OC)cc54)cc(S(=O)(=O)[O-])c3)c2c1.[K+]. The number of fused-ring (bicyclic) bond motifs is 2. The van der Waals surface area contributed by atoms with Gasteiger partial charge in [0.2, 0.25) is 0 Å². The molecule has 0 saturated carbocycles. The largest absolute Gasteiger partial charge is 1.00 e. The van der Waals surface area contributed by atoms with Crippen molar-refractivity contribution in [1.82, 2.24) is 19.1 Å². The molecular weight excluding hydrogens is 527 g/mol. The number of esters is 2. The number of hydrogen-bond acceptors (Lipinski definition) is 9. The summed E-state index contributed by atoms with van der Waals surface area (Å²) in [6, 6.07) is 13.6. The predicted octanol–water partition coefficient (Wildman–Crippen LogP) is -0.154. The summed E-state index contributed by atoms with van der Waals surface area (Å²) in [4.78, 5) is 32.2. The molecule has 0 aliphatic carbocycles. The van der Waals surface area contributed by atoms with Crippen LogP contribution in [0.4, 0.5) is 0 Å². The summed E-state index contributed by atoms with van der Waals surface area (Å²) in [5.41, 5.74) is 3.21. The second-order valence-corrected chi connectivity index (χ2v) is 9.14. The zero-order chi connectivity index (χ0) is 25.6. The molecule has 0 aliphatic heterocycles. The van der Waals surface area contributed by atoms with E-state index in [-0.39, 0.29) is 62.5 Å². The van der Waals surface area contributed by atoms with Gasteiger partial charge in [-0.15, -0.1) is 0 Å². The average molecular weight is 545 g/mol. The third-order valence-corrected chi connectivity index (χ3v) is 6.47. The quantitative estimate of drug-likeness (QED) is 0.167. The van der Waals surface area contributed by atoms with Crippen LogP contribution in [0.15, 0.2) is 72.1 Å². The smallest absolute Gasteiger partial charge is 0.744 e. The van der Waals surface area contributed by atoms with Crippen molar-refractivity contribution in [3.8, 4) is 11.4 Å². The van der Waals surface area contributed by atoms with Crippen LogP contribution in [-0.2, 0) is 19.6 Å². The topological polar surface area (TPSA) is 145 Å². The molecular formula is C24H17KN4O7S. The molecule has 5 aromatic rings. The molecule has 182 valence electrons. The van der Waals surface area contributed by atoms with Crippen molar-refractivity contribution >= 4 is 44.1 Å². The van der Waals surface area contributed by atoms with Gasteiger partial charge in [-0.1, -0.05) is 0 Å². The van der Waals surface area contributed by atoms with Gasteiger partial charge in [-0.25, -0.2) is 28.0 Å². The predicted molar refractivity (Wildman–Crippen MR) is 126 cm³/mol. The standard InChI is InChI=1S/C24H18N4O7S.K/c1-34-23(29)14-3-5-19-21(7-14)27(12-25-19)16-9-17(11-18(10-16)36(31,32)33)28-13-26-20-6-4-15(8-22(20)28)24(30)35-2;/h3-13H,1-2H3,(H,31,32,33);/q;+1/p-1. The molecule has 13 heteroatoms. The summed E-state index contributed by atoms with van der Waals surface area (Å²) < 4.78 is 48.8. The van der Waals surface area contributed by atoms with E-state index in [4.69, 9.17) is 9.47 Å². The maximum atomic E-state index is 12.0. The van der Waals surface area contributed by atoms with E-state index in [9.17, 15) is 22.6 Å². The van der Waals surface area contributed by atoms with Crippen LogP contribution >= 0.6 is 0 Å². The van der Waals surface area contributed by atoms with Crippen molar-refractivity contribution in [3.63, 3.8) is 0 Å². The minimum absolute atomic E-state index is 0. The number of carbonyl (C=O) groups is 2. The number of carbonyl (C=O) groups excluding carboxylic acids is 2. The van der Waals surface area contributed by atoms with E-state index in [0.29, 0.717) is 33.4 Å². The van der Waals surface area contributed by atoms with Crippen molar-refractivity contribution in [2.45, 2.75) is 4.90 Å². The minimum atomic E-state index is -4.85. The molecule has 0 amide bonds. The van der Waals surface area contributed by atoms with Gasteiger partial charge in [0, 0.05) is 0 Å². The Balaban J connectivity index is 0.00000320. The van der Waals surface area contributed by atoms with Crippen LogP contribution in [0.1, 0.15) is 20.7 Å². The first-order valence-electron chi connectivity index (χ1n) is 10.4. The molecule has 0 fully saturated rings. The minimum Gasteiger partial charge on any atom is -0.744 e. The second-order valence-electron chi connectivity index (χ2n) is 7.76. The molecule has 0 N–H and O–H groups in total. The Labute approximate surface area is 253 Å². The van der Waals surface area contributed by atoms with Gasteiger partial charge in [0.15, 0.2) is 0 Å². The van der Waals surface area contributed by atoms with Gasteiger partial charge in [-0.3, -0.25) is 9.13 Å². The van der Waals surface area contributed by atoms with Crippen LogP contribution in [0.5, 0.6) is 0 Å². The molecule has 3 aromatic carbocycles. The van der Waals surface area contributed by atoms with Crippen LogP contribution in [0.2, 0.25) is 0 Å². The summed E-state index contributed by atoms with van der Waals surface area (Å²) >= 11 is 0. The monoisotopic (exact) mass is 544 g/mol. The van der Waals surface area contributed by atoms with Gasteiger partial charge >= 0.3 is 63.3 Å². The first-order chi connectivity index (χ1) is 17.2. The molecule has 37 heavy (non-hydrogen) atoms. The first kappa shape index (κ1) is 27.1. The summed E-state index contributed by atoms with van der Waals surface area (Å²) in [5, 5.41) is 0. The number of methoxy groups -OCH3 is 2. The Hall–Kier alpha value is -2.91. The Kier molecular flexibility index (Phi) is 7.66. The number of imidazole rings is 2. The van der Waals surface area contributed by atoms with Crippen molar-refractivity contribution in [2.75, 3.05) is 14.2 Å². The number of ether oxygens (including phenoxy) is 2. The van der Waals surface area contributed by atoms with Crippen LogP contribution in [0, 0.1) is 0 Å². The molecule has 0 bridgehead atoms. The van der Waals surface area contributed by atoms with Crippen molar-refractivity contribution in [2.24, 2.45) is 0 Å². The van der Waals surface area contributed by atoms with Crippen LogP contribution in [0.3, 0.4) is 0 Å².